The van der Waals surface area contributed by atoms with Crippen LogP contribution in [-0.2, 0) is 4.74 Å². The van der Waals surface area contributed by atoms with Crippen molar-refractivity contribution in [3.8, 4) is 11.3 Å². The second-order valence-corrected chi connectivity index (χ2v) is 8.30. The van der Waals surface area contributed by atoms with Gasteiger partial charge in [-0.15, -0.1) is 0 Å². The Bertz CT molecular complexity index is 815. The predicted octanol–water partition coefficient (Wildman–Crippen LogP) is 3.06. The number of fused-ring (bicyclic) bond motifs is 4. The minimum absolute atomic E-state index is 0.0589. The quantitative estimate of drug-likeness (QED) is 0.818. The van der Waals surface area contributed by atoms with Gasteiger partial charge >= 0.3 is 0 Å². The first kappa shape index (κ1) is 17.9. The van der Waals surface area contributed by atoms with Crippen LogP contribution < -0.4 is 0 Å². The fraction of sp³-hybridized carbons (Fsp3) is 0.545. The van der Waals surface area contributed by atoms with Crippen LogP contribution in [0.4, 0.5) is 0 Å². The molecule has 0 radical (unpaired) electrons. The number of nitrogens with zero attached hydrogens (tertiary/aromatic N) is 3. The number of hydrogen-bond donors (Lipinski definition) is 0. The first-order valence-electron chi connectivity index (χ1n) is 10.4. The zero-order chi connectivity index (χ0) is 18.9. The van der Waals surface area contributed by atoms with Crippen molar-refractivity contribution < 1.29 is 14.1 Å². The molecule has 5 heterocycles. The van der Waals surface area contributed by atoms with Gasteiger partial charge in [0.15, 0.2) is 0 Å². The van der Waals surface area contributed by atoms with Crippen LogP contribution in [0, 0.1) is 5.92 Å². The van der Waals surface area contributed by atoms with Crippen molar-refractivity contribution >= 4 is 5.91 Å². The number of hydrogen-bond acceptors (Lipinski definition) is 5. The van der Waals surface area contributed by atoms with Crippen molar-refractivity contribution in [3.05, 3.63) is 42.2 Å². The van der Waals surface area contributed by atoms with Gasteiger partial charge in [0.25, 0.3) is 5.91 Å². The second-order valence-electron chi connectivity index (χ2n) is 8.30. The molecule has 4 aliphatic heterocycles. The predicted molar refractivity (Wildman–Crippen MR) is 105 cm³/mol. The Morgan fingerprint density at radius 2 is 1.79 bits per heavy atom. The zero-order valence-electron chi connectivity index (χ0n) is 16.1. The van der Waals surface area contributed by atoms with E-state index in [2.05, 4.69) is 15.0 Å². The van der Waals surface area contributed by atoms with Crippen LogP contribution in [0.3, 0.4) is 0 Å². The van der Waals surface area contributed by atoms with Crippen LogP contribution in [0.2, 0.25) is 0 Å². The summed E-state index contributed by atoms with van der Waals surface area (Å²) in [5.74, 6) is 0.606. The molecule has 0 aliphatic carbocycles. The van der Waals surface area contributed by atoms with Crippen LogP contribution in [0.25, 0.3) is 11.3 Å². The topological polar surface area (TPSA) is 58.8 Å². The average molecular weight is 381 g/mol. The summed E-state index contributed by atoms with van der Waals surface area (Å²) in [5, 5.41) is 4.13. The molecule has 1 amide bonds. The standard InChI is InChI=1S/C22H27N3O3/c26-22(20-15-28-23-21(20)17-4-2-1-3-5-17)25-13-16-6-7-19(25)14-24(12-16)18-8-10-27-11-9-18/h1-5,15-16,18-19H,6-14H2/t16-,19+/m0/s1. The van der Waals surface area contributed by atoms with E-state index in [4.69, 9.17) is 9.26 Å². The molecule has 2 atom stereocenters. The lowest BCUT2D eigenvalue weighted by Crippen LogP contribution is -2.48. The third kappa shape index (κ3) is 3.35. The van der Waals surface area contributed by atoms with Gasteiger partial charge in [-0.1, -0.05) is 35.5 Å². The minimum atomic E-state index is 0.0589. The molecule has 28 heavy (non-hydrogen) atoms. The van der Waals surface area contributed by atoms with Crippen LogP contribution in [0.5, 0.6) is 0 Å². The van der Waals surface area contributed by atoms with Crippen molar-refractivity contribution in [2.75, 3.05) is 32.8 Å². The van der Waals surface area contributed by atoms with Crippen LogP contribution in [-0.4, -0.2) is 65.8 Å². The molecule has 6 rings (SSSR count). The normalized spacial score (nSPS) is 26.4. The molecule has 2 aromatic rings. The Morgan fingerprint density at radius 1 is 0.964 bits per heavy atom. The Hall–Kier alpha value is -2.18. The number of aromatic nitrogens is 1. The Balaban J connectivity index is 1.37. The van der Waals surface area contributed by atoms with E-state index in [0.29, 0.717) is 23.2 Å². The maximum Gasteiger partial charge on any atom is 0.259 e. The molecule has 6 nitrogen and oxygen atoms in total. The third-order valence-corrected chi connectivity index (χ3v) is 6.56. The molecular formula is C22H27N3O3. The van der Waals surface area contributed by atoms with E-state index in [-0.39, 0.29) is 11.9 Å². The highest BCUT2D eigenvalue weighted by Crippen LogP contribution is 2.33. The van der Waals surface area contributed by atoms with Gasteiger partial charge in [0.2, 0.25) is 0 Å². The Kier molecular flexibility index (Phi) is 4.91. The maximum atomic E-state index is 13.5. The Morgan fingerprint density at radius 3 is 2.61 bits per heavy atom. The largest absolute Gasteiger partial charge is 0.381 e. The van der Waals surface area contributed by atoms with E-state index in [1.54, 1.807) is 0 Å². The number of carbonyl (C=O) groups excluding carboxylic acids is 1. The van der Waals surface area contributed by atoms with Gasteiger partial charge in [-0.25, -0.2) is 0 Å². The van der Waals surface area contributed by atoms with Crippen molar-refractivity contribution in [1.82, 2.24) is 15.0 Å². The summed E-state index contributed by atoms with van der Waals surface area (Å²) in [6.07, 6.45) is 6.03. The highest BCUT2D eigenvalue weighted by atomic mass is 16.5. The third-order valence-electron chi connectivity index (χ3n) is 6.56. The van der Waals surface area contributed by atoms with Gasteiger partial charge in [-0.2, -0.15) is 0 Å². The maximum absolute atomic E-state index is 13.5. The lowest BCUT2D eigenvalue weighted by Gasteiger charge is -2.37. The van der Waals surface area contributed by atoms with Crippen LogP contribution >= 0.6 is 0 Å². The van der Waals surface area contributed by atoms with E-state index in [0.717, 1.165) is 57.7 Å². The first-order chi connectivity index (χ1) is 13.8. The van der Waals surface area contributed by atoms with Crippen molar-refractivity contribution in [2.24, 2.45) is 5.92 Å². The number of ether oxygens (including phenoxy) is 1. The summed E-state index contributed by atoms with van der Waals surface area (Å²) in [5.41, 5.74) is 2.15. The summed E-state index contributed by atoms with van der Waals surface area (Å²) in [6.45, 7) is 4.63. The molecule has 6 heteroatoms. The number of benzene rings is 1. The van der Waals surface area contributed by atoms with Crippen molar-refractivity contribution in [1.29, 1.82) is 0 Å². The number of carbonyl (C=O) groups is 1. The summed E-state index contributed by atoms with van der Waals surface area (Å²) in [6, 6.07) is 10.7. The zero-order valence-corrected chi connectivity index (χ0v) is 16.1. The lowest BCUT2D eigenvalue weighted by molar-refractivity contribution is 0.0304. The SMILES string of the molecule is O=C(c1conc1-c1ccccc1)N1C[C@H]2CC[C@@H]1CN(C1CCOCC1)C2. The van der Waals surface area contributed by atoms with Crippen molar-refractivity contribution in [3.63, 3.8) is 0 Å². The molecule has 148 valence electrons. The van der Waals surface area contributed by atoms with Crippen molar-refractivity contribution in [2.45, 2.75) is 37.8 Å². The molecule has 4 saturated heterocycles. The molecular weight excluding hydrogens is 354 g/mol. The second kappa shape index (κ2) is 7.68. The van der Waals surface area contributed by atoms with Crippen LogP contribution in [0.1, 0.15) is 36.0 Å². The molecule has 4 aliphatic rings. The molecule has 0 spiro atoms. The van der Waals surface area contributed by atoms with E-state index in [1.165, 1.54) is 12.7 Å². The number of rotatable bonds is 3. The summed E-state index contributed by atoms with van der Waals surface area (Å²) in [4.78, 5) is 18.2. The molecule has 2 bridgehead atoms. The van der Waals surface area contributed by atoms with Gasteiger partial charge in [-0.3, -0.25) is 9.69 Å². The summed E-state index contributed by atoms with van der Waals surface area (Å²) < 4.78 is 10.8. The molecule has 1 aromatic heterocycles. The summed E-state index contributed by atoms with van der Waals surface area (Å²) in [7, 11) is 0. The molecule has 4 fully saturated rings. The Labute approximate surface area is 165 Å². The lowest BCUT2D eigenvalue weighted by atomic mass is 9.94. The molecule has 0 saturated carbocycles. The fourth-order valence-corrected chi connectivity index (χ4v) is 5.06. The van der Waals surface area contributed by atoms with Gasteiger partial charge in [0.05, 0.1) is 0 Å². The van der Waals surface area contributed by atoms with E-state index >= 15 is 0 Å². The fourth-order valence-electron chi connectivity index (χ4n) is 5.06. The van der Waals surface area contributed by atoms with Gasteiger partial charge < -0.3 is 14.2 Å². The monoisotopic (exact) mass is 381 g/mol. The average Bonchev–Trinajstić information content (AvgIpc) is 3.06. The highest BCUT2D eigenvalue weighted by Gasteiger charge is 2.40. The number of amides is 1. The molecule has 1 aromatic carbocycles. The van der Waals surface area contributed by atoms with E-state index in [1.807, 2.05) is 30.3 Å². The van der Waals surface area contributed by atoms with Gasteiger partial charge in [0.1, 0.15) is 17.5 Å². The first-order valence-corrected chi connectivity index (χ1v) is 10.4. The minimum Gasteiger partial charge on any atom is -0.381 e. The van der Waals surface area contributed by atoms with Gasteiger partial charge in [0, 0.05) is 50.5 Å². The molecule has 0 unspecified atom stereocenters. The molecule has 0 N–H and O–H groups in total. The van der Waals surface area contributed by atoms with Gasteiger partial charge in [-0.05, 0) is 31.6 Å². The summed E-state index contributed by atoms with van der Waals surface area (Å²) >= 11 is 0. The smallest absolute Gasteiger partial charge is 0.259 e. The van der Waals surface area contributed by atoms with Crippen LogP contribution in [0.15, 0.2) is 41.1 Å². The van der Waals surface area contributed by atoms with E-state index in [9.17, 15) is 4.79 Å². The van der Waals surface area contributed by atoms with E-state index < -0.39 is 0 Å². The highest BCUT2D eigenvalue weighted by molar-refractivity contribution is 5.99. The number of piperidine rings is 1.